The summed E-state index contributed by atoms with van der Waals surface area (Å²) in [4.78, 5) is 32.9. The van der Waals surface area contributed by atoms with Gasteiger partial charge in [-0.2, -0.15) is 0 Å². The Morgan fingerprint density at radius 3 is 2.64 bits per heavy atom. The summed E-state index contributed by atoms with van der Waals surface area (Å²) in [6.45, 7) is 1.78. The lowest BCUT2D eigenvalue weighted by Gasteiger charge is -2.25. The van der Waals surface area contributed by atoms with E-state index in [4.69, 9.17) is 37.3 Å². The van der Waals surface area contributed by atoms with Crippen LogP contribution in [0.3, 0.4) is 0 Å². The zero-order valence-corrected chi connectivity index (χ0v) is 24.8. The number of furan rings is 1. The van der Waals surface area contributed by atoms with Crippen LogP contribution in [0.5, 0.6) is 5.75 Å². The summed E-state index contributed by atoms with van der Waals surface area (Å²) in [5, 5.41) is 3.97. The molecule has 0 radical (unpaired) electrons. The van der Waals surface area contributed by atoms with E-state index in [0.717, 1.165) is 0 Å². The Bertz CT molecular complexity index is 2040. The number of allylic oxidation sites excluding steroid dienone is 1. The highest BCUT2D eigenvalue weighted by Gasteiger charge is 2.32. The summed E-state index contributed by atoms with van der Waals surface area (Å²) in [5.74, 6) is 1.24. The van der Waals surface area contributed by atoms with Gasteiger partial charge >= 0.3 is 0 Å². The van der Waals surface area contributed by atoms with Crippen LogP contribution in [0, 0.1) is 0 Å². The van der Waals surface area contributed by atoms with Crippen LogP contribution in [0.25, 0.3) is 17.4 Å². The quantitative estimate of drug-likeness (QED) is 0.238. The first kappa shape index (κ1) is 27.8. The minimum Gasteiger partial charge on any atom is -0.497 e. The average Bonchev–Trinajstić information content (AvgIpc) is 3.58. The highest BCUT2D eigenvalue weighted by molar-refractivity contribution is 7.07. The highest BCUT2D eigenvalue weighted by Crippen LogP contribution is 2.33. The maximum atomic E-state index is 14.0. The Morgan fingerprint density at radius 2 is 1.86 bits per heavy atom. The number of para-hydroxylation sites is 1. The van der Waals surface area contributed by atoms with Gasteiger partial charge in [0.1, 0.15) is 17.3 Å². The number of methoxy groups -OCH3 is 1. The van der Waals surface area contributed by atoms with Gasteiger partial charge in [-0.3, -0.25) is 14.2 Å². The number of nitrogens with zero attached hydrogens (tertiary/aromatic N) is 2. The summed E-state index contributed by atoms with van der Waals surface area (Å²) < 4.78 is 13.4. The lowest BCUT2D eigenvalue weighted by molar-refractivity contribution is -0.113. The number of ether oxygens (including phenoxy) is 1. The second-order valence-corrected chi connectivity index (χ2v) is 11.4. The van der Waals surface area contributed by atoms with Crippen molar-refractivity contribution in [3.8, 4) is 17.1 Å². The number of halogens is 2. The summed E-state index contributed by atoms with van der Waals surface area (Å²) in [6.07, 6.45) is 1.66. The fraction of sp³-hybridized carbons (Fsp3) is 0.0938. The second-order valence-electron chi connectivity index (χ2n) is 9.50. The number of hydrogen-bond donors (Lipinski definition) is 1. The van der Waals surface area contributed by atoms with E-state index in [0.29, 0.717) is 64.7 Å². The Balaban J connectivity index is 1.47. The van der Waals surface area contributed by atoms with Gasteiger partial charge in [0.2, 0.25) is 0 Å². The van der Waals surface area contributed by atoms with E-state index in [-0.39, 0.29) is 11.5 Å². The first-order valence-electron chi connectivity index (χ1n) is 12.9. The Labute approximate surface area is 254 Å². The zero-order valence-electron chi connectivity index (χ0n) is 22.4. The predicted molar refractivity (Wildman–Crippen MR) is 166 cm³/mol. The van der Waals surface area contributed by atoms with E-state index < -0.39 is 6.04 Å². The van der Waals surface area contributed by atoms with Gasteiger partial charge < -0.3 is 14.5 Å². The number of fused-ring (bicyclic) bond motifs is 1. The smallest absolute Gasteiger partial charge is 0.271 e. The Kier molecular flexibility index (Phi) is 7.60. The molecule has 1 atom stereocenters. The van der Waals surface area contributed by atoms with Crippen LogP contribution in [0.15, 0.2) is 110 Å². The molecule has 10 heteroatoms. The van der Waals surface area contributed by atoms with Crippen molar-refractivity contribution in [2.45, 2.75) is 13.0 Å². The SMILES string of the molecule is COc1cccc([C@H]2C(C(=O)Nc3ccccc3)=C(C)N=c3s/c(=C\c4ccc(-c5cc(Cl)ccc5Cl)o4)c(=O)n32)c1. The van der Waals surface area contributed by atoms with E-state index in [1.165, 1.54) is 11.3 Å². The minimum absolute atomic E-state index is 0.303. The van der Waals surface area contributed by atoms with E-state index in [9.17, 15) is 9.59 Å². The first-order chi connectivity index (χ1) is 20.3. The third-order valence-corrected chi connectivity index (χ3v) is 8.35. The molecule has 0 bridgehead atoms. The molecule has 6 rings (SSSR count). The molecule has 1 amide bonds. The molecule has 0 saturated heterocycles. The van der Waals surface area contributed by atoms with E-state index >= 15 is 0 Å². The van der Waals surface area contributed by atoms with Crippen LogP contribution in [-0.2, 0) is 4.79 Å². The number of thiazole rings is 1. The van der Waals surface area contributed by atoms with Crippen LogP contribution in [0.1, 0.15) is 24.3 Å². The molecule has 0 unspecified atom stereocenters. The van der Waals surface area contributed by atoms with Crippen LogP contribution < -0.4 is 24.9 Å². The lowest BCUT2D eigenvalue weighted by atomic mass is 9.95. The first-order valence-corrected chi connectivity index (χ1v) is 14.5. The Morgan fingerprint density at radius 1 is 1.05 bits per heavy atom. The van der Waals surface area contributed by atoms with E-state index in [1.807, 2.05) is 42.5 Å². The van der Waals surface area contributed by atoms with Crippen molar-refractivity contribution < 1.29 is 13.9 Å². The molecule has 210 valence electrons. The molecule has 0 spiro atoms. The maximum absolute atomic E-state index is 14.0. The average molecular weight is 617 g/mol. The summed E-state index contributed by atoms with van der Waals surface area (Å²) in [5.41, 5.74) is 2.57. The number of hydrogen-bond acceptors (Lipinski definition) is 6. The van der Waals surface area contributed by atoms with Gasteiger partial charge in [-0.1, -0.05) is 64.9 Å². The molecule has 42 heavy (non-hydrogen) atoms. The third-order valence-electron chi connectivity index (χ3n) is 6.80. The van der Waals surface area contributed by atoms with Gasteiger partial charge in [0, 0.05) is 22.3 Å². The molecule has 0 aliphatic carbocycles. The van der Waals surface area contributed by atoms with Crippen LogP contribution >= 0.6 is 34.5 Å². The van der Waals surface area contributed by atoms with Gasteiger partial charge in [-0.05, 0) is 67.1 Å². The number of anilines is 1. The molecule has 2 aromatic heterocycles. The normalized spacial score (nSPS) is 14.9. The summed E-state index contributed by atoms with van der Waals surface area (Å²) >= 11 is 13.7. The molecule has 3 aromatic carbocycles. The zero-order chi connectivity index (χ0) is 29.4. The Hall–Kier alpha value is -4.37. The summed E-state index contributed by atoms with van der Waals surface area (Å²) in [6, 6.07) is 24.4. The molecule has 5 aromatic rings. The topological polar surface area (TPSA) is 85.8 Å². The van der Waals surface area contributed by atoms with Gasteiger partial charge in [-0.15, -0.1) is 0 Å². The molecular formula is C32H23Cl2N3O4S. The van der Waals surface area contributed by atoms with Gasteiger partial charge in [0.15, 0.2) is 4.80 Å². The fourth-order valence-corrected chi connectivity index (χ4v) is 6.26. The molecular weight excluding hydrogens is 593 g/mol. The standard InChI is InChI=1S/C32H23Cl2N3O4S/c1-18-28(30(38)36-21-8-4-3-5-9-21)29(19-7-6-10-22(15-19)40-2)37-31(39)27(42-32(37)35-18)17-23-12-14-26(41-23)24-16-20(33)11-13-25(24)34/h3-17,29H,1-2H3,(H,36,38)/b27-17-/t29-/m0/s1. The molecule has 1 N–H and O–H groups in total. The van der Waals surface area contributed by atoms with Gasteiger partial charge in [0.25, 0.3) is 11.5 Å². The van der Waals surface area contributed by atoms with Crippen LogP contribution in [0.4, 0.5) is 5.69 Å². The second kappa shape index (κ2) is 11.5. The van der Waals surface area contributed by atoms with Crippen molar-refractivity contribution in [2.24, 2.45) is 4.99 Å². The van der Waals surface area contributed by atoms with E-state index in [1.54, 1.807) is 67.1 Å². The number of rotatable bonds is 6. The number of aromatic nitrogens is 1. The monoisotopic (exact) mass is 615 g/mol. The van der Waals surface area contributed by atoms with Crippen molar-refractivity contribution in [1.82, 2.24) is 4.57 Å². The summed E-state index contributed by atoms with van der Waals surface area (Å²) in [7, 11) is 1.57. The largest absolute Gasteiger partial charge is 0.497 e. The number of carbonyl (C=O) groups excluding carboxylic acids is 1. The number of benzene rings is 3. The van der Waals surface area contributed by atoms with Crippen LogP contribution in [-0.4, -0.2) is 17.6 Å². The maximum Gasteiger partial charge on any atom is 0.271 e. The van der Waals surface area contributed by atoms with E-state index in [2.05, 4.69) is 5.32 Å². The fourth-order valence-electron chi connectivity index (χ4n) is 4.85. The molecule has 0 saturated carbocycles. The van der Waals surface area contributed by atoms with Crippen molar-refractivity contribution in [2.75, 3.05) is 12.4 Å². The molecule has 3 heterocycles. The third kappa shape index (κ3) is 5.32. The number of carbonyl (C=O) groups is 1. The van der Waals surface area contributed by atoms with Crippen molar-refractivity contribution >= 4 is 52.2 Å². The van der Waals surface area contributed by atoms with Crippen molar-refractivity contribution in [3.05, 3.63) is 137 Å². The lowest BCUT2D eigenvalue weighted by Crippen LogP contribution is -2.40. The van der Waals surface area contributed by atoms with Gasteiger partial charge in [0.05, 0.1) is 34.0 Å². The molecule has 1 aliphatic rings. The minimum atomic E-state index is -0.736. The number of nitrogens with one attached hydrogen (secondary N) is 1. The molecule has 1 aliphatic heterocycles. The molecule has 7 nitrogen and oxygen atoms in total. The van der Waals surface area contributed by atoms with Crippen LogP contribution in [0.2, 0.25) is 10.0 Å². The van der Waals surface area contributed by atoms with Crippen molar-refractivity contribution in [1.29, 1.82) is 0 Å². The van der Waals surface area contributed by atoms with Crippen molar-refractivity contribution in [3.63, 3.8) is 0 Å². The molecule has 0 fully saturated rings. The van der Waals surface area contributed by atoms with Gasteiger partial charge in [-0.25, -0.2) is 4.99 Å². The highest BCUT2D eigenvalue weighted by atomic mass is 35.5. The predicted octanol–water partition coefficient (Wildman–Crippen LogP) is 6.45. The number of amides is 1.